The van der Waals surface area contributed by atoms with Crippen LogP contribution in [0.1, 0.15) is 26.8 Å². The van der Waals surface area contributed by atoms with Crippen LogP contribution in [0, 0.1) is 13.8 Å². The Bertz CT molecular complexity index is 388. The molecule has 1 atom stereocenters. The molecular formula is C10H15N3OS. The third-order valence-corrected chi connectivity index (χ3v) is 3.67. The average Bonchev–Trinajstić information content (AvgIpc) is 2.71. The molecule has 82 valence electrons. The van der Waals surface area contributed by atoms with Gasteiger partial charge in [-0.15, -0.1) is 11.3 Å². The molecule has 4 nitrogen and oxygen atoms in total. The van der Waals surface area contributed by atoms with Gasteiger partial charge in [0.1, 0.15) is 4.88 Å². The minimum absolute atomic E-state index is 0.0889. The van der Waals surface area contributed by atoms with E-state index in [1.54, 1.807) is 0 Å². The van der Waals surface area contributed by atoms with Gasteiger partial charge in [0.25, 0.3) is 5.91 Å². The van der Waals surface area contributed by atoms with Gasteiger partial charge in [0.15, 0.2) is 0 Å². The molecule has 0 aliphatic carbocycles. The molecule has 0 spiro atoms. The van der Waals surface area contributed by atoms with Crippen LogP contribution >= 0.6 is 11.3 Å². The molecule has 1 amide bonds. The van der Waals surface area contributed by atoms with Crippen molar-refractivity contribution in [2.24, 2.45) is 5.73 Å². The Morgan fingerprint density at radius 1 is 1.60 bits per heavy atom. The molecule has 2 N–H and O–H groups in total. The predicted octanol–water partition coefficient (Wildman–Crippen LogP) is 0.933. The lowest BCUT2D eigenvalue weighted by Crippen LogP contribution is -2.31. The van der Waals surface area contributed by atoms with Crippen LogP contribution in [0.3, 0.4) is 0 Å². The Morgan fingerprint density at radius 2 is 2.33 bits per heavy atom. The van der Waals surface area contributed by atoms with Crippen molar-refractivity contribution in [2.45, 2.75) is 26.3 Å². The van der Waals surface area contributed by atoms with Gasteiger partial charge in [-0.2, -0.15) is 0 Å². The van der Waals surface area contributed by atoms with Crippen molar-refractivity contribution in [3.8, 4) is 0 Å². The summed E-state index contributed by atoms with van der Waals surface area (Å²) in [6, 6.07) is 0.142. The molecule has 5 heteroatoms. The second-order valence-corrected chi connectivity index (χ2v) is 5.15. The Balaban J connectivity index is 2.17. The van der Waals surface area contributed by atoms with E-state index in [2.05, 4.69) is 4.98 Å². The topological polar surface area (TPSA) is 59.2 Å². The second kappa shape index (κ2) is 3.90. The fourth-order valence-corrected chi connectivity index (χ4v) is 2.73. The predicted molar refractivity (Wildman–Crippen MR) is 60.1 cm³/mol. The maximum absolute atomic E-state index is 12.1. The monoisotopic (exact) mass is 225 g/mol. The highest BCUT2D eigenvalue weighted by Gasteiger charge is 2.26. The SMILES string of the molecule is Cc1nc(C)c(C(=O)N2CCC(N)C2)s1. The summed E-state index contributed by atoms with van der Waals surface area (Å²) in [6.45, 7) is 5.25. The highest BCUT2D eigenvalue weighted by Crippen LogP contribution is 2.21. The fraction of sp³-hybridized carbons (Fsp3) is 0.600. The zero-order valence-corrected chi connectivity index (χ0v) is 9.80. The van der Waals surface area contributed by atoms with E-state index < -0.39 is 0 Å². The van der Waals surface area contributed by atoms with Gasteiger partial charge in [-0.25, -0.2) is 4.98 Å². The Hall–Kier alpha value is -0.940. The van der Waals surface area contributed by atoms with Crippen LogP contribution < -0.4 is 5.73 Å². The van der Waals surface area contributed by atoms with Crippen LogP contribution in [0.2, 0.25) is 0 Å². The van der Waals surface area contributed by atoms with E-state index in [1.165, 1.54) is 11.3 Å². The van der Waals surface area contributed by atoms with Crippen molar-refractivity contribution in [3.05, 3.63) is 15.6 Å². The standard InChI is InChI=1S/C10H15N3OS/c1-6-9(15-7(2)12-6)10(14)13-4-3-8(11)5-13/h8H,3-5,11H2,1-2H3. The Labute approximate surface area is 93.1 Å². The number of aromatic nitrogens is 1. The molecule has 0 saturated carbocycles. The second-order valence-electron chi connectivity index (χ2n) is 3.95. The van der Waals surface area contributed by atoms with E-state index in [1.807, 2.05) is 18.7 Å². The summed E-state index contributed by atoms with van der Waals surface area (Å²) < 4.78 is 0. The number of aryl methyl sites for hydroxylation is 2. The van der Waals surface area contributed by atoms with E-state index >= 15 is 0 Å². The molecule has 1 fully saturated rings. The summed E-state index contributed by atoms with van der Waals surface area (Å²) in [5.41, 5.74) is 6.61. The van der Waals surface area contributed by atoms with E-state index in [-0.39, 0.29) is 11.9 Å². The number of hydrogen-bond donors (Lipinski definition) is 1. The van der Waals surface area contributed by atoms with Gasteiger partial charge >= 0.3 is 0 Å². The third kappa shape index (κ3) is 2.03. The maximum atomic E-state index is 12.1. The zero-order chi connectivity index (χ0) is 11.0. The lowest BCUT2D eigenvalue weighted by molar-refractivity contribution is 0.0794. The van der Waals surface area contributed by atoms with Crippen molar-refractivity contribution in [1.29, 1.82) is 0 Å². The first-order valence-corrected chi connectivity index (χ1v) is 5.88. The number of hydrogen-bond acceptors (Lipinski definition) is 4. The maximum Gasteiger partial charge on any atom is 0.265 e. The van der Waals surface area contributed by atoms with Crippen LogP contribution in [0.15, 0.2) is 0 Å². The smallest absolute Gasteiger partial charge is 0.265 e. The Morgan fingerprint density at radius 3 is 2.80 bits per heavy atom. The highest BCUT2D eigenvalue weighted by molar-refractivity contribution is 7.13. The van der Waals surface area contributed by atoms with Gasteiger partial charge in [0, 0.05) is 19.1 Å². The molecule has 0 radical (unpaired) electrons. The third-order valence-electron chi connectivity index (χ3n) is 2.61. The number of carbonyl (C=O) groups is 1. The fourth-order valence-electron chi connectivity index (χ4n) is 1.85. The van der Waals surface area contributed by atoms with Gasteiger partial charge < -0.3 is 10.6 Å². The number of rotatable bonds is 1. The molecule has 0 aromatic carbocycles. The number of nitrogens with zero attached hydrogens (tertiary/aromatic N) is 2. The largest absolute Gasteiger partial charge is 0.336 e. The van der Waals surface area contributed by atoms with Gasteiger partial charge in [0.05, 0.1) is 10.7 Å². The van der Waals surface area contributed by atoms with E-state index in [0.29, 0.717) is 6.54 Å². The molecule has 15 heavy (non-hydrogen) atoms. The summed E-state index contributed by atoms with van der Waals surface area (Å²) in [5.74, 6) is 0.0889. The number of likely N-dealkylation sites (tertiary alicyclic amines) is 1. The number of nitrogens with two attached hydrogens (primary N) is 1. The normalized spacial score (nSPS) is 21.0. The van der Waals surface area contributed by atoms with Gasteiger partial charge in [-0.1, -0.05) is 0 Å². The van der Waals surface area contributed by atoms with Gasteiger partial charge in [-0.05, 0) is 20.3 Å². The molecule has 1 aromatic rings. The molecule has 1 aliphatic heterocycles. The van der Waals surface area contributed by atoms with Crippen LogP contribution in [0.4, 0.5) is 0 Å². The average molecular weight is 225 g/mol. The summed E-state index contributed by atoms with van der Waals surface area (Å²) in [7, 11) is 0. The molecular weight excluding hydrogens is 210 g/mol. The molecule has 1 unspecified atom stereocenters. The lowest BCUT2D eigenvalue weighted by Gasteiger charge is -2.14. The van der Waals surface area contributed by atoms with Crippen molar-refractivity contribution >= 4 is 17.2 Å². The van der Waals surface area contributed by atoms with E-state index in [9.17, 15) is 4.79 Å². The first-order valence-electron chi connectivity index (χ1n) is 5.07. The molecule has 0 bridgehead atoms. The number of amides is 1. The van der Waals surface area contributed by atoms with Crippen molar-refractivity contribution < 1.29 is 4.79 Å². The zero-order valence-electron chi connectivity index (χ0n) is 8.99. The first kappa shape index (κ1) is 10.6. The minimum atomic E-state index is 0.0889. The van der Waals surface area contributed by atoms with Gasteiger partial charge in [-0.3, -0.25) is 4.79 Å². The van der Waals surface area contributed by atoms with Crippen molar-refractivity contribution in [2.75, 3.05) is 13.1 Å². The molecule has 1 aliphatic rings. The minimum Gasteiger partial charge on any atom is -0.336 e. The summed E-state index contributed by atoms with van der Waals surface area (Å²) in [6.07, 6.45) is 0.905. The number of thiazole rings is 1. The Kier molecular flexibility index (Phi) is 2.75. The molecule has 2 heterocycles. The summed E-state index contributed by atoms with van der Waals surface area (Å²) in [4.78, 5) is 18.9. The summed E-state index contributed by atoms with van der Waals surface area (Å²) in [5, 5.41) is 0.944. The van der Waals surface area contributed by atoms with Crippen LogP contribution in [0.5, 0.6) is 0 Å². The first-order chi connectivity index (χ1) is 7.08. The molecule has 1 aromatic heterocycles. The summed E-state index contributed by atoms with van der Waals surface area (Å²) >= 11 is 1.47. The van der Waals surface area contributed by atoms with Crippen LogP contribution in [-0.2, 0) is 0 Å². The van der Waals surface area contributed by atoms with Gasteiger partial charge in [0.2, 0.25) is 0 Å². The van der Waals surface area contributed by atoms with Crippen LogP contribution in [-0.4, -0.2) is 34.9 Å². The molecule has 2 rings (SSSR count). The molecule has 1 saturated heterocycles. The van der Waals surface area contributed by atoms with Crippen molar-refractivity contribution in [1.82, 2.24) is 9.88 Å². The van der Waals surface area contributed by atoms with E-state index in [0.717, 1.165) is 28.5 Å². The lowest BCUT2D eigenvalue weighted by atomic mass is 10.3. The quantitative estimate of drug-likeness (QED) is 0.773. The highest BCUT2D eigenvalue weighted by atomic mass is 32.1. The van der Waals surface area contributed by atoms with E-state index in [4.69, 9.17) is 5.73 Å². The number of carbonyl (C=O) groups excluding carboxylic acids is 1. The van der Waals surface area contributed by atoms with Crippen molar-refractivity contribution in [3.63, 3.8) is 0 Å². The van der Waals surface area contributed by atoms with Crippen LogP contribution in [0.25, 0.3) is 0 Å².